The average Bonchev–Trinajstić information content (AvgIpc) is 2.25. The fraction of sp³-hybridized carbons (Fsp3) is 0.400. The number of ether oxygens (including phenoxy) is 1. The fourth-order valence-corrected chi connectivity index (χ4v) is 0.961. The molecule has 0 aliphatic carbocycles. The first-order chi connectivity index (χ1) is 7.43. The minimum absolute atomic E-state index is 0.147. The zero-order valence-electron chi connectivity index (χ0n) is 8.24. The van der Waals surface area contributed by atoms with Gasteiger partial charge in [-0.2, -0.15) is 13.2 Å². The molecule has 1 atom stereocenters. The summed E-state index contributed by atoms with van der Waals surface area (Å²) < 4.78 is 40.5. The van der Waals surface area contributed by atoms with Crippen LogP contribution in [-0.2, 0) is 6.61 Å². The number of halogens is 3. The Kier molecular flexibility index (Phi) is 4.14. The number of rotatable bonds is 4. The first-order valence-electron chi connectivity index (χ1n) is 4.51. The molecule has 0 aliphatic rings. The summed E-state index contributed by atoms with van der Waals surface area (Å²) in [5, 5.41) is 17.4. The van der Waals surface area contributed by atoms with Gasteiger partial charge in [0.1, 0.15) is 12.4 Å². The third-order valence-electron chi connectivity index (χ3n) is 1.89. The van der Waals surface area contributed by atoms with E-state index in [0.29, 0.717) is 5.56 Å². The van der Waals surface area contributed by atoms with Crippen molar-refractivity contribution >= 4 is 0 Å². The van der Waals surface area contributed by atoms with Crippen LogP contribution in [0.15, 0.2) is 24.3 Å². The van der Waals surface area contributed by atoms with E-state index < -0.39 is 18.9 Å². The Morgan fingerprint density at radius 3 is 2.19 bits per heavy atom. The Bertz CT molecular complexity index is 321. The van der Waals surface area contributed by atoms with Crippen LogP contribution in [0.2, 0.25) is 0 Å². The molecule has 2 N–H and O–H groups in total. The van der Waals surface area contributed by atoms with Crippen LogP contribution in [0.3, 0.4) is 0 Å². The Hall–Kier alpha value is -1.27. The second-order valence-corrected chi connectivity index (χ2v) is 3.17. The van der Waals surface area contributed by atoms with Crippen molar-refractivity contribution in [2.75, 3.05) is 6.61 Å². The maximum atomic E-state index is 11.9. The minimum Gasteiger partial charge on any atom is -0.491 e. The van der Waals surface area contributed by atoms with E-state index in [0.717, 1.165) is 0 Å². The Labute approximate surface area is 90.1 Å². The minimum atomic E-state index is -4.68. The van der Waals surface area contributed by atoms with E-state index in [1.807, 2.05) is 0 Å². The number of aliphatic hydroxyl groups is 2. The largest absolute Gasteiger partial charge is 0.491 e. The van der Waals surface area contributed by atoms with Gasteiger partial charge in [-0.15, -0.1) is 0 Å². The van der Waals surface area contributed by atoms with E-state index in [1.54, 1.807) is 0 Å². The summed E-state index contributed by atoms with van der Waals surface area (Å²) in [6.45, 7) is -0.993. The first kappa shape index (κ1) is 12.8. The highest BCUT2D eigenvalue weighted by atomic mass is 19.4. The number of hydrogen-bond acceptors (Lipinski definition) is 3. The molecule has 1 unspecified atom stereocenters. The molecular weight excluding hydrogens is 225 g/mol. The zero-order valence-corrected chi connectivity index (χ0v) is 8.24. The third-order valence-corrected chi connectivity index (χ3v) is 1.89. The van der Waals surface area contributed by atoms with Gasteiger partial charge in [-0.05, 0) is 17.7 Å². The van der Waals surface area contributed by atoms with Gasteiger partial charge in [0.15, 0.2) is 6.10 Å². The summed E-state index contributed by atoms with van der Waals surface area (Å²) in [5.74, 6) is 0.209. The van der Waals surface area contributed by atoms with E-state index in [1.165, 1.54) is 24.3 Å². The van der Waals surface area contributed by atoms with Gasteiger partial charge in [-0.1, -0.05) is 12.1 Å². The van der Waals surface area contributed by atoms with E-state index in [2.05, 4.69) is 0 Å². The van der Waals surface area contributed by atoms with Gasteiger partial charge in [-0.3, -0.25) is 0 Å². The molecule has 3 nitrogen and oxygen atoms in total. The second-order valence-electron chi connectivity index (χ2n) is 3.17. The molecule has 0 heterocycles. The summed E-state index contributed by atoms with van der Waals surface area (Å²) in [7, 11) is 0. The molecule has 0 radical (unpaired) electrons. The number of benzene rings is 1. The molecule has 1 aromatic carbocycles. The highest BCUT2D eigenvalue weighted by Crippen LogP contribution is 2.21. The van der Waals surface area contributed by atoms with Crippen molar-refractivity contribution in [3.63, 3.8) is 0 Å². The predicted molar refractivity (Wildman–Crippen MR) is 49.9 cm³/mol. The lowest BCUT2D eigenvalue weighted by atomic mass is 10.2. The molecule has 0 spiro atoms. The van der Waals surface area contributed by atoms with Crippen LogP contribution in [0.4, 0.5) is 13.2 Å². The molecule has 90 valence electrons. The van der Waals surface area contributed by atoms with Gasteiger partial charge in [0, 0.05) is 0 Å². The molecule has 16 heavy (non-hydrogen) atoms. The smallest absolute Gasteiger partial charge is 0.417 e. The zero-order chi connectivity index (χ0) is 12.2. The molecule has 0 amide bonds. The lowest BCUT2D eigenvalue weighted by Gasteiger charge is -2.15. The highest BCUT2D eigenvalue weighted by molar-refractivity contribution is 5.26. The van der Waals surface area contributed by atoms with Crippen LogP contribution in [0.25, 0.3) is 0 Å². The molecule has 0 saturated heterocycles. The van der Waals surface area contributed by atoms with Gasteiger partial charge in [0.25, 0.3) is 0 Å². The van der Waals surface area contributed by atoms with Crippen LogP contribution in [-0.4, -0.2) is 29.1 Å². The van der Waals surface area contributed by atoms with E-state index in [4.69, 9.17) is 14.9 Å². The maximum Gasteiger partial charge on any atom is 0.417 e. The SMILES string of the molecule is OCc1ccc(OCC(O)C(F)(F)F)cc1. The molecule has 0 aromatic heterocycles. The molecule has 0 saturated carbocycles. The van der Waals surface area contributed by atoms with Crippen molar-refractivity contribution in [3.05, 3.63) is 29.8 Å². The molecule has 1 rings (SSSR count). The van der Waals surface area contributed by atoms with Gasteiger partial charge in [0.2, 0.25) is 0 Å². The van der Waals surface area contributed by atoms with E-state index in [9.17, 15) is 13.2 Å². The molecule has 1 aromatic rings. The van der Waals surface area contributed by atoms with E-state index >= 15 is 0 Å². The average molecular weight is 236 g/mol. The standard InChI is InChI=1S/C10H11F3O3/c11-10(12,13)9(15)6-16-8-3-1-7(5-14)2-4-8/h1-4,9,14-15H,5-6H2. The highest BCUT2D eigenvalue weighted by Gasteiger charge is 2.38. The van der Waals surface area contributed by atoms with Crippen molar-refractivity contribution in [3.8, 4) is 5.75 Å². The van der Waals surface area contributed by atoms with E-state index in [-0.39, 0.29) is 12.4 Å². The monoisotopic (exact) mass is 236 g/mol. The summed E-state index contributed by atoms with van der Waals surface area (Å²) in [6, 6.07) is 5.90. The van der Waals surface area contributed by atoms with Crippen molar-refractivity contribution in [2.45, 2.75) is 18.9 Å². The van der Waals surface area contributed by atoms with Crippen molar-refractivity contribution in [1.29, 1.82) is 0 Å². The quantitative estimate of drug-likeness (QED) is 0.832. The molecule has 0 aliphatic heterocycles. The molecule has 0 fully saturated rings. The van der Waals surface area contributed by atoms with Crippen molar-refractivity contribution < 1.29 is 28.1 Å². The van der Waals surface area contributed by atoms with Crippen LogP contribution in [0, 0.1) is 0 Å². The third kappa shape index (κ3) is 3.71. The van der Waals surface area contributed by atoms with Crippen LogP contribution in [0.1, 0.15) is 5.56 Å². The van der Waals surface area contributed by atoms with Crippen LogP contribution in [0.5, 0.6) is 5.75 Å². The molecule has 6 heteroatoms. The lowest BCUT2D eigenvalue weighted by Crippen LogP contribution is -2.34. The normalized spacial score (nSPS) is 13.6. The molecular formula is C10H11F3O3. The topological polar surface area (TPSA) is 49.7 Å². The van der Waals surface area contributed by atoms with Crippen molar-refractivity contribution in [1.82, 2.24) is 0 Å². The predicted octanol–water partition coefficient (Wildman–Crippen LogP) is 1.48. The fourth-order valence-electron chi connectivity index (χ4n) is 0.961. The first-order valence-corrected chi connectivity index (χ1v) is 4.51. The van der Waals surface area contributed by atoms with Gasteiger partial charge >= 0.3 is 6.18 Å². The second kappa shape index (κ2) is 5.18. The van der Waals surface area contributed by atoms with Crippen LogP contribution < -0.4 is 4.74 Å². The van der Waals surface area contributed by atoms with Crippen LogP contribution >= 0.6 is 0 Å². The number of hydrogen-bond donors (Lipinski definition) is 2. The number of aliphatic hydroxyl groups excluding tert-OH is 2. The maximum absolute atomic E-state index is 11.9. The Morgan fingerprint density at radius 1 is 1.19 bits per heavy atom. The summed E-state index contributed by atoms with van der Waals surface area (Å²) >= 11 is 0. The summed E-state index contributed by atoms with van der Waals surface area (Å²) in [4.78, 5) is 0. The summed E-state index contributed by atoms with van der Waals surface area (Å²) in [5.41, 5.74) is 0.628. The Morgan fingerprint density at radius 2 is 1.75 bits per heavy atom. The molecule has 0 bridgehead atoms. The van der Waals surface area contributed by atoms with Gasteiger partial charge < -0.3 is 14.9 Å². The lowest BCUT2D eigenvalue weighted by molar-refractivity contribution is -0.210. The summed E-state index contributed by atoms with van der Waals surface area (Å²) in [6.07, 6.45) is -7.17. The van der Waals surface area contributed by atoms with Crippen molar-refractivity contribution in [2.24, 2.45) is 0 Å². The van der Waals surface area contributed by atoms with Gasteiger partial charge in [0.05, 0.1) is 6.61 Å². The van der Waals surface area contributed by atoms with Gasteiger partial charge in [-0.25, -0.2) is 0 Å². The Balaban J connectivity index is 2.48. The number of alkyl halides is 3.